The first-order valence-electron chi connectivity index (χ1n) is 7.16. The van der Waals surface area contributed by atoms with E-state index in [4.69, 9.17) is 0 Å². The van der Waals surface area contributed by atoms with Crippen molar-refractivity contribution in [3.63, 3.8) is 0 Å². The van der Waals surface area contributed by atoms with Crippen LogP contribution in [0.1, 0.15) is 23.6 Å². The number of anilines is 1. The highest BCUT2D eigenvalue weighted by Crippen LogP contribution is 2.21. The Labute approximate surface area is 125 Å². The predicted molar refractivity (Wildman–Crippen MR) is 85.8 cm³/mol. The van der Waals surface area contributed by atoms with Gasteiger partial charge in [-0.05, 0) is 44.0 Å². The molecule has 3 nitrogen and oxygen atoms in total. The number of nitrogens with zero attached hydrogens (tertiary/aromatic N) is 1. The number of phenols is 1. The summed E-state index contributed by atoms with van der Waals surface area (Å²) < 4.78 is 0. The van der Waals surface area contributed by atoms with E-state index in [-0.39, 0.29) is 11.7 Å². The van der Waals surface area contributed by atoms with Gasteiger partial charge in [0.1, 0.15) is 5.75 Å². The van der Waals surface area contributed by atoms with Gasteiger partial charge in [0.2, 0.25) is 5.91 Å². The Kier molecular flexibility index (Phi) is 4.63. The van der Waals surface area contributed by atoms with Gasteiger partial charge in [0.05, 0.1) is 6.42 Å². The van der Waals surface area contributed by atoms with E-state index in [1.807, 2.05) is 32.9 Å². The van der Waals surface area contributed by atoms with Gasteiger partial charge < -0.3 is 10.0 Å². The van der Waals surface area contributed by atoms with E-state index in [1.165, 1.54) is 0 Å². The molecule has 0 saturated carbocycles. The number of phenolic OH excluding ortho intramolecular Hbond substituents is 1. The second kappa shape index (κ2) is 6.44. The molecule has 0 radical (unpaired) electrons. The summed E-state index contributed by atoms with van der Waals surface area (Å²) in [4.78, 5) is 14.3. The van der Waals surface area contributed by atoms with Gasteiger partial charge in [-0.1, -0.05) is 29.8 Å². The number of likely N-dealkylation sites (N-methyl/N-ethyl adjacent to an activating group) is 1. The van der Waals surface area contributed by atoms with Crippen molar-refractivity contribution in [2.24, 2.45) is 0 Å². The summed E-state index contributed by atoms with van der Waals surface area (Å²) in [6.07, 6.45) is 0.372. The summed E-state index contributed by atoms with van der Waals surface area (Å²) in [6, 6.07) is 13.0. The standard InChI is InChI=1S/C18H21NO2/c1-4-19(16-6-5-7-17(20)12-16)18(21)11-15-10-13(2)8-9-14(15)3/h5-10,12,20H,4,11H2,1-3H3. The van der Waals surface area contributed by atoms with Crippen LogP contribution in [0.25, 0.3) is 0 Å². The van der Waals surface area contributed by atoms with Gasteiger partial charge in [0.15, 0.2) is 0 Å². The molecule has 0 aliphatic heterocycles. The van der Waals surface area contributed by atoms with E-state index in [1.54, 1.807) is 23.1 Å². The first kappa shape index (κ1) is 15.1. The van der Waals surface area contributed by atoms with Crippen molar-refractivity contribution in [3.8, 4) is 5.75 Å². The van der Waals surface area contributed by atoms with Crippen molar-refractivity contribution >= 4 is 11.6 Å². The average Bonchev–Trinajstić information content (AvgIpc) is 2.44. The molecule has 1 amide bonds. The molecule has 1 N–H and O–H groups in total. The van der Waals surface area contributed by atoms with Gasteiger partial charge in [0.25, 0.3) is 0 Å². The van der Waals surface area contributed by atoms with Crippen LogP contribution in [0.5, 0.6) is 5.75 Å². The molecular weight excluding hydrogens is 262 g/mol. The van der Waals surface area contributed by atoms with Crippen molar-refractivity contribution in [2.45, 2.75) is 27.2 Å². The molecule has 110 valence electrons. The lowest BCUT2D eigenvalue weighted by molar-refractivity contribution is -0.117. The third-order valence-electron chi connectivity index (χ3n) is 3.61. The highest BCUT2D eigenvalue weighted by atomic mass is 16.3. The fraction of sp³-hybridized carbons (Fsp3) is 0.278. The Morgan fingerprint density at radius 2 is 1.90 bits per heavy atom. The average molecular weight is 283 g/mol. The third kappa shape index (κ3) is 3.63. The highest BCUT2D eigenvalue weighted by Gasteiger charge is 2.15. The van der Waals surface area contributed by atoms with Crippen LogP contribution in [0.15, 0.2) is 42.5 Å². The molecule has 0 fully saturated rings. The number of rotatable bonds is 4. The molecule has 0 saturated heterocycles. The molecule has 0 aliphatic rings. The monoisotopic (exact) mass is 283 g/mol. The van der Waals surface area contributed by atoms with Crippen LogP contribution in [0.4, 0.5) is 5.69 Å². The van der Waals surface area contributed by atoms with Gasteiger partial charge in [-0.2, -0.15) is 0 Å². The van der Waals surface area contributed by atoms with Crippen molar-refractivity contribution in [1.82, 2.24) is 0 Å². The predicted octanol–water partition coefficient (Wildman–Crippen LogP) is 3.60. The zero-order valence-electron chi connectivity index (χ0n) is 12.8. The Morgan fingerprint density at radius 3 is 2.57 bits per heavy atom. The lowest BCUT2D eigenvalue weighted by atomic mass is 10.0. The van der Waals surface area contributed by atoms with Crippen LogP contribution < -0.4 is 4.90 Å². The molecule has 0 aromatic heterocycles. The summed E-state index contributed by atoms with van der Waals surface area (Å²) in [5.74, 6) is 0.210. The largest absolute Gasteiger partial charge is 0.508 e. The number of hydrogen-bond donors (Lipinski definition) is 1. The number of aromatic hydroxyl groups is 1. The van der Waals surface area contributed by atoms with E-state index in [0.29, 0.717) is 13.0 Å². The molecule has 3 heteroatoms. The fourth-order valence-corrected chi connectivity index (χ4v) is 2.41. The SMILES string of the molecule is CCN(C(=O)Cc1cc(C)ccc1C)c1cccc(O)c1. The van der Waals surface area contributed by atoms with Gasteiger partial charge in [-0.25, -0.2) is 0 Å². The van der Waals surface area contributed by atoms with E-state index < -0.39 is 0 Å². The Hall–Kier alpha value is -2.29. The topological polar surface area (TPSA) is 40.5 Å². The lowest BCUT2D eigenvalue weighted by Crippen LogP contribution is -2.32. The second-order valence-electron chi connectivity index (χ2n) is 5.26. The van der Waals surface area contributed by atoms with Gasteiger partial charge >= 0.3 is 0 Å². The Balaban J connectivity index is 2.23. The number of carbonyl (C=O) groups is 1. The van der Waals surface area contributed by atoms with Gasteiger partial charge in [-0.15, -0.1) is 0 Å². The normalized spacial score (nSPS) is 10.4. The van der Waals surface area contributed by atoms with E-state index >= 15 is 0 Å². The van der Waals surface area contributed by atoms with Crippen LogP contribution >= 0.6 is 0 Å². The zero-order valence-corrected chi connectivity index (χ0v) is 12.8. The van der Waals surface area contributed by atoms with Crippen molar-refractivity contribution in [2.75, 3.05) is 11.4 Å². The van der Waals surface area contributed by atoms with E-state index in [2.05, 4.69) is 12.1 Å². The first-order valence-corrected chi connectivity index (χ1v) is 7.16. The van der Waals surface area contributed by atoms with Crippen LogP contribution in [-0.4, -0.2) is 17.6 Å². The van der Waals surface area contributed by atoms with Gasteiger partial charge in [-0.3, -0.25) is 4.79 Å². The number of benzene rings is 2. The van der Waals surface area contributed by atoms with E-state index in [0.717, 1.165) is 22.4 Å². The maximum absolute atomic E-state index is 12.6. The number of hydrogen-bond acceptors (Lipinski definition) is 2. The molecule has 2 aromatic carbocycles. The molecular formula is C18H21NO2. The summed E-state index contributed by atoms with van der Waals surface area (Å²) in [6.45, 7) is 6.56. The summed E-state index contributed by atoms with van der Waals surface area (Å²) >= 11 is 0. The number of carbonyl (C=O) groups excluding carboxylic acids is 1. The number of amides is 1. The van der Waals surface area contributed by atoms with Crippen LogP contribution in [-0.2, 0) is 11.2 Å². The maximum atomic E-state index is 12.6. The molecule has 2 aromatic rings. The van der Waals surface area contributed by atoms with Crippen LogP contribution in [0.2, 0.25) is 0 Å². The minimum absolute atomic E-state index is 0.0387. The van der Waals surface area contributed by atoms with Crippen molar-refractivity contribution in [3.05, 3.63) is 59.2 Å². The maximum Gasteiger partial charge on any atom is 0.231 e. The molecule has 2 rings (SSSR count). The fourth-order valence-electron chi connectivity index (χ4n) is 2.41. The summed E-state index contributed by atoms with van der Waals surface area (Å²) in [7, 11) is 0. The summed E-state index contributed by atoms with van der Waals surface area (Å²) in [5, 5.41) is 9.57. The lowest BCUT2D eigenvalue weighted by Gasteiger charge is -2.22. The highest BCUT2D eigenvalue weighted by molar-refractivity contribution is 5.95. The van der Waals surface area contributed by atoms with Gasteiger partial charge in [0, 0.05) is 18.3 Å². The minimum atomic E-state index is 0.0387. The number of aryl methyl sites for hydroxylation is 2. The minimum Gasteiger partial charge on any atom is -0.508 e. The smallest absolute Gasteiger partial charge is 0.231 e. The van der Waals surface area contributed by atoms with Crippen LogP contribution in [0, 0.1) is 13.8 Å². The van der Waals surface area contributed by atoms with Crippen molar-refractivity contribution < 1.29 is 9.90 Å². The van der Waals surface area contributed by atoms with E-state index in [9.17, 15) is 9.90 Å². The second-order valence-corrected chi connectivity index (χ2v) is 5.26. The zero-order chi connectivity index (χ0) is 15.4. The summed E-state index contributed by atoms with van der Waals surface area (Å²) in [5.41, 5.74) is 4.07. The molecule has 21 heavy (non-hydrogen) atoms. The Morgan fingerprint density at radius 1 is 1.14 bits per heavy atom. The van der Waals surface area contributed by atoms with Crippen LogP contribution in [0.3, 0.4) is 0 Å². The molecule has 0 heterocycles. The third-order valence-corrected chi connectivity index (χ3v) is 3.61. The molecule has 0 atom stereocenters. The molecule has 0 bridgehead atoms. The quantitative estimate of drug-likeness (QED) is 0.931. The first-order chi connectivity index (χ1) is 10.0. The molecule has 0 aliphatic carbocycles. The molecule has 0 unspecified atom stereocenters. The molecule has 0 spiro atoms. The Bertz CT molecular complexity index is 649. The van der Waals surface area contributed by atoms with Crippen molar-refractivity contribution in [1.29, 1.82) is 0 Å².